The Labute approximate surface area is 159 Å². The second kappa shape index (κ2) is 7.79. The van der Waals surface area contributed by atoms with E-state index in [1.165, 1.54) is 25.2 Å². The van der Waals surface area contributed by atoms with Gasteiger partial charge in [0.25, 0.3) is 5.91 Å². The highest BCUT2D eigenvalue weighted by molar-refractivity contribution is 6.00. The van der Waals surface area contributed by atoms with E-state index in [1.807, 2.05) is 0 Å². The standard InChI is InChI=1S/C19H17F3N4O2/c1-10(20)11-3-4-13(14(5-11)15-6-16(15)22)18(28)26(2)9-17(27)25-19-23-7-12(21)8-24-19/h3-5,7-8,15-16H,1,6,9H2,2H3,(H,23,24,25,27). The summed E-state index contributed by atoms with van der Waals surface area (Å²) in [6, 6.07) is 4.20. The van der Waals surface area contributed by atoms with E-state index in [1.54, 1.807) is 0 Å². The van der Waals surface area contributed by atoms with Crippen molar-refractivity contribution < 1.29 is 22.8 Å². The van der Waals surface area contributed by atoms with Gasteiger partial charge in [-0.3, -0.25) is 14.9 Å². The van der Waals surface area contributed by atoms with Crippen LogP contribution in [-0.4, -0.2) is 46.4 Å². The summed E-state index contributed by atoms with van der Waals surface area (Å²) in [5, 5.41) is 2.34. The van der Waals surface area contributed by atoms with E-state index in [0.717, 1.165) is 17.3 Å². The predicted molar refractivity (Wildman–Crippen MR) is 96.4 cm³/mol. The summed E-state index contributed by atoms with van der Waals surface area (Å²) in [5.41, 5.74) is 0.769. The third-order valence-electron chi connectivity index (χ3n) is 4.31. The van der Waals surface area contributed by atoms with Gasteiger partial charge in [0.2, 0.25) is 11.9 Å². The minimum Gasteiger partial charge on any atom is -0.332 e. The topological polar surface area (TPSA) is 75.2 Å². The van der Waals surface area contributed by atoms with Crippen LogP contribution in [0.3, 0.4) is 0 Å². The number of rotatable bonds is 6. The number of likely N-dealkylation sites (N-methyl/N-ethyl adjacent to an activating group) is 1. The minimum atomic E-state index is -1.08. The molecule has 9 heteroatoms. The summed E-state index contributed by atoms with van der Waals surface area (Å²) in [4.78, 5) is 33.2. The zero-order chi connectivity index (χ0) is 20.4. The lowest BCUT2D eigenvalue weighted by atomic mass is 9.98. The third kappa shape index (κ3) is 4.36. The zero-order valence-electron chi connectivity index (χ0n) is 15.0. The van der Waals surface area contributed by atoms with E-state index in [-0.39, 0.29) is 30.0 Å². The zero-order valence-corrected chi connectivity index (χ0v) is 15.0. The predicted octanol–water partition coefficient (Wildman–Crippen LogP) is 3.09. The maximum Gasteiger partial charge on any atom is 0.254 e. The lowest BCUT2D eigenvalue weighted by molar-refractivity contribution is -0.116. The van der Waals surface area contributed by atoms with Crippen LogP contribution in [0.5, 0.6) is 0 Å². The van der Waals surface area contributed by atoms with Crippen LogP contribution in [0.4, 0.5) is 19.1 Å². The van der Waals surface area contributed by atoms with Gasteiger partial charge in [-0.1, -0.05) is 12.6 Å². The molecule has 2 aromatic rings. The molecule has 1 heterocycles. The molecule has 0 spiro atoms. The van der Waals surface area contributed by atoms with Crippen LogP contribution in [0.2, 0.25) is 0 Å². The highest BCUT2D eigenvalue weighted by Crippen LogP contribution is 2.45. The SMILES string of the molecule is C=C(F)c1ccc(C(=O)N(C)CC(=O)Nc2ncc(F)cn2)c(C2CC2F)c1. The number of anilines is 1. The van der Waals surface area contributed by atoms with Crippen molar-refractivity contribution in [3.63, 3.8) is 0 Å². The molecular formula is C19H17F3N4O2. The molecule has 0 bridgehead atoms. The molecule has 0 radical (unpaired) electrons. The molecule has 146 valence electrons. The van der Waals surface area contributed by atoms with Crippen molar-refractivity contribution in [3.8, 4) is 0 Å². The van der Waals surface area contributed by atoms with Gasteiger partial charge in [-0.05, 0) is 24.1 Å². The molecule has 1 aromatic heterocycles. The van der Waals surface area contributed by atoms with Crippen molar-refractivity contribution in [1.82, 2.24) is 14.9 Å². The molecule has 1 aliphatic rings. The number of hydrogen-bond donors (Lipinski definition) is 1. The van der Waals surface area contributed by atoms with Crippen molar-refractivity contribution >= 4 is 23.6 Å². The van der Waals surface area contributed by atoms with E-state index < -0.39 is 35.5 Å². The molecule has 2 unspecified atom stereocenters. The highest BCUT2D eigenvalue weighted by Gasteiger charge is 2.41. The van der Waals surface area contributed by atoms with Crippen LogP contribution in [0, 0.1) is 5.82 Å². The minimum absolute atomic E-state index is 0.1000. The van der Waals surface area contributed by atoms with Crippen LogP contribution in [0.25, 0.3) is 5.83 Å². The normalized spacial score (nSPS) is 17.7. The van der Waals surface area contributed by atoms with Crippen molar-refractivity contribution in [1.29, 1.82) is 0 Å². The Hall–Kier alpha value is -3.23. The van der Waals surface area contributed by atoms with Crippen molar-refractivity contribution in [3.05, 3.63) is 59.7 Å². The molecule has 1 N–H and O–H groups in total. The first kappa shape index (κ1) is 19.5. The fourth-order valence-corrected chi connectivity index (χ4v) is 2.75. The van der Waals surface area contributed by atoms with Gasteiger partial charge in [0, 0.05) is 24.1 Å². The third-order valence-corrected chi connectivity index (χ3v) is 4.31. The molecule has 2 amide bonds. The number of nitrogens with zero attached hydrogens (tertiary/aromatic N) is 3. The first-order chi connectivity index (χ1) is 13.3. The summed E-state index contributed by atoms with van der Waals surface area (Å²) in [6.45, 7) is 2.88. The molecule has 1 saturated carbocycles. The van der Waals surface area contributed by atoms with E-state index in [0.29, 0.717) is 5.56 Å². The molecule has 28 heavy (non-hydrogen) atoms. The summed E-state index contributed by atoms with van der Waals surface area (Å²) < 4.78 is 39.8. The Balaban J connectivity index is 1.73. The van der Waals surface area contributed by atoms with E-state index in [2.05, 4.69) is 21.9 Å². The molecule has 6 nitrogen and oxygen atoms in total. The van der Waals surface area contributed by atoms with Gasteiger partial charge >= 0.3 is 0 Å². The van der Waals surface area contributed by atoms with Gasteiger partial charge < -0.3 is 4.90 Å². The quantitative estimate of drug-likeness (QED) is 0.823. The molecule has 0 saturated heterocycles. The summed E-state index contributed by atoms with van der Waals surface area (Å²) in [5.74, 6) is -3.01. The van der Waals surface area contributed by atoms with E-state index in [9.17, 15) is 22.8 Å². The first-order valence-corrected chi connectivity index (χ1v) is 8.42. The average Bonchev–Trinajstić information content (AvgIpc) is 3.38. The first-order valence-electron chi connectivity index (χ1n) is 8.42. The maximum absolute atomic E-state index is 13.6. The number of carbonyl (C=O) groups is 2. The van der Waals surface area contributed by atoms with Crippen LogP contribution in [-0.2, 0) is 4.79 Å². The molecule has 1 aromatic carbocycles. The van der Waals surface area contributed by atoms with Gasteiger partial charge in [0.15, 0.2) is 5.82 Å². The monoisotopic (exact) mass is 390 g/mol. The van der Waals surface area contributed by atoms with Crippen molar-refractivity contribution in [2.75, 3.05) is 18.9 Å². The Morgan fingerprint density at radius 1 is 1.32 bits per heavy atom. The van der Waals surface area contributed by atoms with Gasteiger partial charge in [0.1, 0.15) is 12.0 Å². The number of alkyl halides is 1. The second-order valence-corrected chi connectivity index (χ2v) is 6.50. The van der Waals surface area contributed by atoms with Crippen LogP contribution >= 0.6 is 0 Å². The molecular weight excluding hydrogens is 373 g/mol. The van der Waals surface area contributed by atoms with Crippen LogP contribution < -0.4 is 5.32 Å². The maximum atomic E-state index is 13.6. The molecule has 0 aliphatic heterocycles. The van der Waals surface area contributed by atoms with Gasteiger partial charge in [-0.25, -0.2) is 23.1 Å². The largest absolute Gasteiger partial charge is 0.332 e. The lowest BCUT2D eigenvalue weighted by Crippen LogP contribution is -2.35. The van der Waals surface area contributed by atoms with Gasteiger partial charge in [0.05, 0.1) is 18.9 Å². The fraction of sp³-hybridized carbons (Fsp3) is 0.263. The van der Waals surface area contributed by atoms with Gasteiger partial charge in [-0.15, -0.1) is 0 Å². The Morgan fingerprint density at radius 3 is 2.54 bits per heavy atom. The average molecular weight is 390 g/mol. The van der Waals surface area contributed by atoms with Gasteiger partial charge in [-0.2, -0.15) is 0 Å². The van der Waals surface area contributed by atoms with E-state index >= 15 is 0 Å². The fourth-order valence-electron chi connectivity index (χ4n) is 2.75. The number of amides is 2. The van der Waals surface area contributed by atoms with Crippen molar-refractivity contribution in [2.24, 2.45) is 0 Å². The Bertz CT molecular complexity index is 933. The molecule has 1 aliphatic carbocycles. The number of aromatic nitrogens is 2. The van der Waals surface area contributed by atoms with Crippen molar-refractivity contribution in [2.45, 2.75) is 18.5 Å². The molecule has 3 rings (SSSR count). The number of carbonyl (C=O) groups excluding carboxylic acids is 2. The summed E-state index contributed by atoms with van der Waals surface area (Å²) in [6.07, 6.45) is 0.966. The number of nitrogens with one attached hydrogen (secondary N) is 1. The second-order valence-electron chi connectivity index (χ2n) is 6.50. The van der Waals surface area contributed by atoms with Crippen LogP contribution in [0.1, 0.15) is 33.8 Å². The number of hydrogen-bond acceptors (Lipinski definition) is 4. The summed E-state index contributed by atoms with van der Waals surface area (Å²) in [7, 11) is 1.40. The molecule has 1 fully saturated rings. The Kier molecular flexibility index (Phi) is 5.43. The number of benzene rings is 1. The van der Waals surface area contributed by atoms with E-state index in [4.69, 9.17) is 0 Å². The Morgan fingerprint density at radius 2 is 1.96 bits per heavy atom. The molecule has 2 atom stereocenters. The smallest absolute Gasteiger partial charge is 0.254 e. The summed E-state index contributed by atoms with van der Waals surface area (Å²) >= 11 is 0. The van der Waals surface area contributed by atoms with Crippen LogP contribution in [0.15, 0.2) is 37.2 Å². The highest BCUT2D eigenvalue weighted by atomic mass is 19.1. The lowest BCUT2D eigenvalue weighted by Gasteiger charge is -2.19. The number of halogens is 3.